The Morgan fingerprint density at radius 2 is 2.00 bits per heavy atom. The van der Waals surface area contributed by atoms with Gasteiger partial charge in [-0.1, -0.05) is 30.3 Å². The number of ether oxygens (including phenoxy) is 1. The van der Waals surface area contributed by atoms with Crippen LogP contribution >= 0.6 is 0 Å². The van der Waals surface area contributed by atoms with Crippen molar-refractivity contribution >= 4 is 0 Å². The molecule has 1 saturated carbocycles. The minimum Gasteiger partial charge on any atom is -0.380 e. The lowest BCUT2D eigenvalue weighted by Gasteiger charge is -2.05. The summed E-state index contributed by atoms with van der Waals surface area (Å²) in [6, 6.07) is 10.5. The van der Waals surface area contributed by atoms with Gasteiger partial charge in [0.05, 0.1) is 6.61 Å². The molecule has 1 fully saturated rings. The molecule has 0 unspecified atom stereocenters. The van der Waals surface area contributed by atoms with Gasteiger partial charge in [-0.05, 0) is 24.3 Å². The van der Waals surface area contributed by atoms with Crippen LogP contribution in [0.5, 0.6) is 0 Å². The summed E-state index contributed by atoms with van der Waals surface area (Å²) in [6.07, 6.45) is 2.74. The number of nitrogens with one attached hydrogen (secondary N) is 1. The molecule has 0 saturated heterocycles. The van der Waals surface area contributed by atoms with Gasteiger partial charge in [-0.25, -0.2) is 0 Å². The van der Waals surface area contributed by atoms with Crippen LogP contribution in [0.4, 0.5) is 0 Å². The normalized spacial score (nSPS) is 15.5. The van der Waals surface area contributed by atoms with Crippen LogP contribution in [-0.4, -0.2) is 19.8 Å². The largest absolute Gasteiger partial charge is 0.380 e. The molecule has 1 aromatic rings. The minimum atomic E-state index is 0.837. The fraction of sp³-hybridized carbons (Fsp3) is 0.538. The summed E-state index contributed by atoms with van der Waals surface area (Å²) in [5, 5.41) is 3.37. The van der Waals surface area contributed by atoms with Crippen molar-refractivity contribution in [1.82, 2.24) is 5.32 Å². The topological polar surface area (TPSA) is 21.3 Å². The van der Waals surface area contributed by atoms with Gasteiger partial charge in [0.2, 0.25) is 0 Å². The molecule has 0 atom stereocenters. The van der Waals surface area contributed by atoms with Crippen molar-refractivity contribution in [3.63, 3.8) is 0 Å². The van der Waals surface area contributed by atoms with Gasteiger partial charge in [-0.15, -0.1) is 0 Å². The zero-order valence-electron chi connectivity index (χ0n) is 9.11. The molecule has 0 bridgehead atoms. The lowest BCUT2D eigenvalue weighted by molar-refractivity contribution is 0.126. The molecule has 2 rings (SSSR count). The summed E-state index contributed by atoms with van der Waals surface area (Å²) in [5.74, 6) is 0.874. The van der Waals surface area contributed by atoms with Crippen LogP contribution in [0.1, 0.15) is 18.4 Å². The van der Waals surface area contributed by atoms with Crippen molar-refractivity contribution in [2.45, 2.75) is 19.4 Å². The molecule has 1 aliphatic rings. The van der Waals surface area contributed by atoms with Crippen molar-refractivity contribution in [3.05, 3.63) is 35.9 Å². The van der Waals surface area contributed by atoms with E-state index in [1.165, 1.54) is 18.4 Å². The summed E-state index contributed by atoms with van der Waals surface area (Å²) in [7, 11) is 0. The summed E-state index contributed by atoms with van der Waals surface area (Å²) < 4.78 is 5.53. The molecule has 0 spiro atoms. The Morgan fingerprint density at radius 3 is 2.73 bits per heavy atom. The molecule has 82 valence electrons. The Hall–Kier alpha value is -0.860. The van der Waals surface area contributed by atoms with Gasteiger partial charge in [-0.3, -0.25) is 0 Å². The van der Waals surface area contributed by atoms with Gasteiger partial charge in [0, 0.05) is 19.7 Å². The van der Waals surface area contributed by atoms with E-state index in [0.717, 1.165) is 32.2 Å². The molecule has 15 heavy (non-hydrogen) atoms. The third kappa shape index (κ3) is 4.45. The highest BCUT2D eigenvalue weighted by molar-refractivity contribution is 5.14. The van der Waals surface area contributed by atoms with E-state index in [2.05, 4.69) is 29.6 Å². The Bertz CT molecular complexity index is 269. The minimum absolute atomic E-state index is 0.837. The van der Waals surface area contributed by atoms with Gasteiger partial charge in [0.1, 0.15) is 0 Å². The van der Waals surface area contributed by atoms with E-state index in [1.807, 2.05) is 6.07 Å². The Kier molecular flexibility index (Phi) is 4.18. The summed E-state index contributed by atoms with van der Waals surface area (Å²) in [5.41, 5.74) is 1.33. The highest BCUT2D eigenvalue weighted by Gasteiger charge is 2.20. The van der Waals surface area contributed by atoms with E-state index in [1.54, 1.807) is 0 Å². The smallest absolute Gasteiger partial charge is 0.0591 e. The van der Waals surface area contributed by atoms with E-state index in [9.17, 15) is 0 Å². The number of rotatable bonds is 7. The maximum Gasteiger partial charge on any atom is 0.0591 e. The van der Waals surface area contributed by atoms with Crippen LogP contribution in [0.25, 0.3) is 0 Å². The molecule has 0 amide bonds. The third-order valence-electron chi connectivity index (χ3n) is 2.65. The molecule has 0 heterocycles. The fourth-order valence-corrected chi connectivity index (χ4v) is 1.51. The van der Waals surface area contributed by atoms with E-state index >= 15 is 0 Å². The number of hydrogen-bond donors (Lipinski definition) is 1. The monoisotopic (exact) mass is 205 g/mol. The first kappa shape index (κ1) is 10.7. The molecule has 2 heteroatoms. The van der Waals surface area contributed by atoms with Crippen LogP contribution < -0.4 is 5.32 Å². The maximum atomic E-state index is 5.53. The average Bonchev–Trinajstić information content (AvgIpc) is 3.09. The zero-order valence-corrected chi connectivity index (χ0v) is 9.11. The van der Waals surface area contributed by atoms with Gasteiger partial charge in [-0.2, -0.15) is 0 Å². The Labute approximate surface area is 91.6 Å². The first-order chi connectivity index (χ1) is 7.45. The van der Waals surface area contributed by atoms with Gasteiger partial charge < -0.3 is 10.1 Å². The second-order valence-electron chi connectivity index (χ2n) is 4.18. The highest BCUT2D eigenvalue weighted by Crippen LogP contribution is 2.28. The number of hydrogen-bond acceptors (Lipinski definition) is 2. The predicted molar refractivity (Wildman–Crippen MR) is 61.7 cm³/mol. The van der Waals surface area contributed by atoms with Gasteiger partial charge in [0.25, 0.3) is 0 Å². The molecule has 1 aliphatic carbocycles. The summed E-state index contributed by atoms with van der Waals surface area (Å²) in [6.45, 7) is 3.69. The van der Waals surface area contributed by atoms with Gasteiger partial charge >= 0.3 is 0 Å². The second kappa shape index (κ2) is 5.89. The van der Waals surface area contributed by atoms with Crippen LogP contribution in [0, 0.1) is 5.92 Å². The molecule has 2 nitrogen and oxygen atoms in total. The first-order valence-electron chi connectivity index (χ1n) is 5.77. The number of benzene rings is 1. The molecule has 1 aromatic carbocycles. The van der Waals surface area contributed by atoms with Crippen LogP contribution in [0.3, 0.4) is 0 Å². The first-order valence-corrected chi connectivity index (χ1v) is 5.77. The highest BCUT2D eigenvalue weighted by atomic mass is 16.5. The standard InChI is InChI=1S/C13H19NO/c1-2-4-12(5-3-1)10-14-8-9-15-11-13-6-7-13/h1-5,13-14H,6-11H2. The van der Waals surface area contributed by atoms with E-state index < -0.39 is 0 Å². The van der Waals surface area contributed by atoms with Gasteiger partial charge in [0.15, 0.2) is 0 Å². The van der Waals surface area contributed by atoms with Crippen LogP contribution in [0.2, 0.25) is 0 Å². The quantitative estimate of drug-likeness (QED) is 0.689. The van der Waals surface area contributed by atoms with Crippen molar-refractivity contribution in [1.29, 1.82) is 0 Å². The summed E-state index contributed by atoms with van der Waals surface area (Å²) >= 11 is 0. The molecular weight excluding hydrogens is 186 g/mol. The second-order valence-corrected chi connectivity index (χ2v) is 4.18. The average molecular weight is 205 g/mol. The zero-order chi connectivity index (χ0) is 10.3. The Morgan fingerprint density at radius 1 is 1.20 bits per heavy atom. The van der Waals surface area contributed by atoms with Crippen LogP contribution in [-0.2, 0) is 11.3 Å². The maximum absolute atomic E-state index is 5.53. The molecule has 0 radical (unpaired) electrons. The van der Waals surface area contributed by atoms with Crippen molar-refractivity contribution in [3.8, 4) is 0 Å². The fourth-order valence-electron chi connectivity index (χ4n) is 1.51. The third-order valence-corrected chi connectivity index (χ3v) is 2.65. The van der Waals surface area contributed by atoms with Crippen molar-refractivity contribution in [2.75, 3.05) is 19.8 Å². The van der Waals surface area contributed by atoms with E-state index in [-0.39, 0.29) is 0 Å². The molecule has 0 aliphatic heterocycles. The lowest BCUT2D eigenvalue weighted by Crippen LogP contribution is -2.19. The molecule has 0 aromatic heterocycles. The molecular formula is C13H19NO. The Balaban J connectivity index is 1.47. The SMILES string of the molecule is c1ccc(CNCCOCC2CC2)cc1. The van der Waals surface area contributed by atoms with Crippen molar-refractivity contribution < 1.29 is 4.74 Å². The van der Waals surface area contributed by atoms with E-state index in [0.29, 0.717) is 0 Å². The predicted octanol–water partition coefficient (Wildman–Crippen LogP) is 2.20. The summed E-state index contributed by atoms with van der Waals surface area (Å²) in [4.78, 5) is 0. The van der Waals surface area contributed by atoms with Crippen molar-refractivity contribution in [2.24, 2.45) is 5.92 Å². The van der Waals surface area contributed by atoms with E-state index in [4.69, 9.17) is 4.74 Å². The molecule has 1 N–H and O–H groups in total. The van der Waals surface area contributed by atoms with Crippen LogP contribution in [0.15, 0.2) is 30.3 Å². The lowest BCUT2D eigenvalue weighted by atomic mass is 10.2.